The molecular weight excluding hydrogens is 508 g/mol. The second kappa shape index (κ2) is 12.5. The number of Topliss-reactive ketones (excluding diaryl/α,β-unsaturated/α-hetero) is 4. The summed E-state index contributed by atoms with van der Waals surface area (Å²) in [5.74, 6) is -0.333. The summed E-state index contributed by atoms with van der Waals surface area (Å²) in [6.07, 6.45) is 18.1. The maximum atomic E-state index is 13.5. The van der Waals surface area contributed by atoms with Gasteiger partial charge in [0.25, 0.3) is 0 Å². The maximum Gasteiger partial charge on any atom is 0.206 e. The van der Waals surface area contributed by atoms with E-state index in [2.05, 4.69) is 45.0 Å². The molecule has 4 aliphatic carbocycles. The first-order valence-electron chi connectivity index (χ1n) is 15.9. The van der Waals surface area contributed by atoms with Crippen LogP contribution in [0.15, 0.2) is 66.3 Å². The zero-order valence-electron chi connectivity index (χ0n) is 25.0. The van der Waals surface area contributed by atoms with Crippen LogP contribution in [0.3, 0.4) is 0 Å². The van der Waals surface area contributed by atoms with E-state index in [0.717, 1.165) is 32.1 Å². The molecule has 0 aliphatic heterocycles. The van der Waals surface area contributed by atoms with Crippen molar-refractivity contribution in [2.24, 2.45) is 46.8 Å². The lowest BCUT2D eigenvalue weighted by Gasteiger charge is -2.30. The Kier molecular flexibility index (Phi) is 9.06. The topological polar surface area (TPSA) is 68.3 Å². The molecule has 0 spiro atoms. The summed E-state index contributed by atoms with van der Waals surface area (Å²) in [6, 6.07) is 10.6. The molecule has 0 amide bonds. The van der Waals surface area contributed by atoms with Gasteiger partial charge in [-0.15, -0.1) is 0 Å². The van der Waals surface area contributed by atoms with Crippen molar-refractivity contribution in [1.82, 2.24) is 0 Å². The Balaban J connectivity index is 1.15. The first kappa shape index (κ1) is 29.6. The number of rotatable bonds is 9. The van der Waals surface area contributed by atoms with Crippen LogP contribution in [0.2, 0.25) is 0 Å². The summed E-state index contributed by atoms with van der Waals surface area (Å²) in [5.41, 5.74) is 2.05. The average Bonchev–Trinajstić information content (AvgIpc) is 3.39. The Hall–Kier alpha value is -2.88. The van der Waals surface area contributed by atoms with E-state index in [1.54, 1.807) is 0 Å². The van der Waals surface area contributed by atoms with E-state index in [-0.39, 0.29) is 58.1 Å². The van der Waals surface area contributed by atoms with Crippen molar-refractivity contribution < 1.29 is 19.2 Å². The third kappa shape index (κ3) is 7.13. The van der Waals surface area contributed by atoms with Gasteiger partial charge < -0.3 is 0 Å². The molecule has 2 saturated carbocycles. The standard InChI is InChI=1S/C37H46O4/c1-37(2,3)23-33(38)27-14-16-29(17-15-27)35(40)36(41)31-20-19-26-13-18-30(22-32(26)31)34(39)28-11-9-25(10-12-28)21-24-7-5-4-6-8-24/h4-8,13,18-20,22,25-29,31-32H,9-12,14-17,21,23H2,1-3H3. The van der Waals surface area contributed by atoms with Gasteiger partial charge in [0, 0.05) is 41.6 Å². The van der Waals surface area contributed by atoms with Crippen molar-refractivity contribution >= 4 is 23.1 Å². The molecule has 1 aromatic carbocycles. The van der Waals surface area contributed by atoms with Crippen molar-refractivity contribution in [2.75, 3.05) is 0 Å². The second-order valence-electron chi connectivity index (χ2n) is 14.3. The number of hydrogen-bond acceptors (Lipinski definition) is 4. The van der Waals surface area contributed by atoms with E-state index in [1.165, 1.54) is 5.56 Å². The zero-order valence-corrected chi connectivity index (χ0v) is 25.0. The predicted molar refractivity (Wildman–Crippen MR) is 162 cm³/mol. The van der Waals surface area contributed by atoms with Gasteiger partial charge in [-0.05, 0) is 74.7 Å². The van der Waals surface area contributed by atoms with Gasteiger partial charge in [-0.25, -0.2) is 0 Å². The maximum absolute atomic E-state index is 13.5. The van der Waals surface area contributed by atoms with E-state index in [1.807, 2.05) is 36.4 Å². The first-order valence-corrected chi connectivity index (χ1v) is 15.9. The van der Waals surface area contributed by atoms with Crippen LogP contribution >= 0.6 is 0 Å². The normalized spacial score (nSPS) is 31.3. The van der Waals surface area contributed by atoms with E-state index in [0.29, 0.717) is 43.6 Å². The number of ketones is 4. The van der Waals surface area contributed by atoms with Gasteiger partial charge in [0.15, 0.2) is 5.78 Å². The summed E-state index contributed by atoms with van der Waals surface area (Å²) in [6.45, 7) is 6.23. The first-order chi connectivity index (χ1) is 19.6. The lowest BCUT2D eigenvalue weighted by Crippen LogP contribution is -2.36. The number of allylic oxidation sites excluding steroid dienone is 6. The van der Waals surface area contributed by atoms with E-state index in [4.69, 9.17) is 0 Å². The third-order valence-electron chi connectivity index (χ3n) is 9.94. The van der Waals surface area contributed by atoms with Crippen LogP contribution in [0.25, 0.3) is 0 Å². The van der Waals surface area contributed by atoms with Crippen molar-refractivity contribution in [3.63, 3.8) is 0 Å². The number of hydrogen-bond donors (Lipinski definition) is 0. The fraction of sp³-hybridized carbons (Fsp3) is 0.568. The van der Waals surface area contributed by atoms with Crippen LogP contribution in [-0.4, -0.2) is 23.1 Å². The minimum atomic E-state index is -0.498. The molecule has 5 rings (SSSR count). The van der Waals surface area contributed by atoms with Gasteiger partial charge in [-0.2, -0.15) is 0 Å². The Morgan fingerprint density at radius 2 is 1.37 bits per heavy atom. The van der Waals surface area contributed by atoms with Crippen LogP contribution in [0, 0.1) is 46.8 Å². The predicted octanol–water partition coefficient (Wildman–Crippen LogP) is 7.47. The molecule has 4 nitrogen and oxygen atoms in total. The van der Waals surface area contributed by atoms with Crippen LogP contribution in [-0.2, 0) is 25.6 Å². The Morgan fingerprint density at radius 1 is 0.732 bits per heavy atom. The fourth-order valence-electron chi connectivity index (χ4n) is 7.58. The molecule has 0 heterocycles. The molecule has 4 aliphatic rings. The molecule has 0 saturated heterocycles. The number of fused-ring (bicyclic) bond motifs is 1. The summed E-state index contributed by atoms with van der Waals surface area (Å²) in [7, 11) is 0. The molecule has 4 heteroatoms. The van der Waals surface area contributed by atoms with Crippen LogP contribution in [0.1, 0.15) is 84.1 Å². The van der Waals surface area contributed by atoms with Crippen LogP contribution in [0.5, 0.6) is 0 Å². The molecule has 0 aromatic heterocycles. The highest BCUT2D eigenvalue weighted by Gasteiger charge is 2.42. The van der Waals surface area contributed by atoms with Crippen molar-refractivity contribution in [2.45, 2.75) is 85.0 Å². The minimum Gasteiger partial charge on any atom is -0.299 e. The van der Waals surface area contributed by atoms with Crippen LogP contribution in [0.4, 0.5) is 0 Å². The second-order valence-corrected chi connectivity index (χ2v) is 14.3. The summed E-state index contributed by atoms with van der Waals surface area (Å²) < 4.78 is 0. The number of carbonyl (C=O) groups excluding carboxylic acids is 4. The Labute approximate surface area is 245 Å². The van der Waals surface area contributed by atoms with Gasteiger partial charge in [-0.3, -0.25) is 19.2 Å². The monoisotopic (exact) mass is 554 g/mol. The highest BCUT2D eigenvalue weighted by Crippen LogP contribution is 2.41. The Morgan fingerprint density at radius 3 is 2.02 bits per heavy atom. The average molecular weight is 555 g/mol. The van der Waals surface area contributed by atoms with Crippen molar-refractivity contribution in [3.8, 4) is 0 Å². The molecule has 0 N–H and O–H groups in total. The molecule has 3 atom stereocenters. The molecule has 41 heavy (non-hydrogen) atoms. The highest BCUT2D eigenvalue weighted by molar-refractivity contribution is 6.39. The van der Waals surface area contributed by atoms with E-state index >= 15 is 0 Å². The molecular formula is C37H46O4. The Bertz CT molecular complexity index is 1230. The fourth-order valence-corrected chi connectivity index (χ4v) is 7.58. The molecule has 1 aromatic rings. The van der Waals surface area contributed by atoms with E-state index in [9.17, 15) is 19.2 Å². The summed E-state index contributed by atoms with van der Waals surface area (Å²) in [4.78, 5) is 53.0. The number of benzene rings is 1. The quantitative estimate of drug-likeness (QED) is 0.235. The lowest BCUT2D eigenvalue weighted by atomic mass is 9.72. The van der Waals surface area contributed by atoms with Crippen LogP contribution < -0.4 is 0 Å². The molecule has 0 bridgehead atoms. The number of carbonyl (C=O) groups is 4. The van der Waals surface area contributed by atoms with Gasteiger partial charge in [0.1, 0.15) is 5.78 Å². The van der Waals surface area contributed by atoms with Crippen molar-refractivity contribution in [1.29, 1.82) is 0 Å². The smallest absolute Gasteiger partial charge is 0.206 e. The van der Waals surface area contributed by atoms with Gasteiger partial charge >= 0.3 is 0 Å². The molecule has 218 valence electrons. The van der Waals surface area contributed by atoms with E-state index < -0.39 is 5.92 Å². The van der Waals surface area contributed by atoms with Gasteiger partial charge in [0.05, 0.1) is 5.92 Å². The summed E-state index contributed by atoms with van der Waals surface area (Å²) in [5, 5.41) is 0. The molecule has 0 radical (unpaired) electrons. The minimum absolute atomic E-state index is 0.0116. The largest absolute Gasteiger partial charge is 0.299 e. The van der Waals surface area contributed by atoms with Gasteiger partial charge in [-0.1, -0.05) is 81.5 Å². The lowest BCUT2D eigenvalue weighted by molar-refractivity contribution is -0.142. The highest BCUT2D eigenvalue weighted by atomic mass is 16.2. The molecule has 2 fully saturated rings. The SMILES string of the molecule is CC(C)(C)CC(=O)C1CCC(C(=O)C(=O)C2C=CC3C=CC(C(=O)C4CCC(Cc5ccccc5)CC4)=CC32)CC1. The zero-order chi connectivity index (χ0) is 29.1. The third-order valence-corrected chi connectivity index (χ3v) is 9.94. The van der Waals surface area contributed by atoms with Gasteiger partial charge in [0.2, 0.25) is 11.6 Å². The summed E-state index contributed by atoms with van der Waals surface area (Å²) >= 11 is 0. The van der Waals surface area contributed by atoms with Crippen molar-refractivity contribution in [3.05, 3.63) is 71.8 Å². The molecule has 3 unspecified atom stereocenters.